The molecule has 0 saturated carbocycles. The zero-order valence-electron chi connectivity index (χ0n) is 16.7. The summed E-state index contributed by atoms with van der Waals surface area (Å²) in [6, 6.07) is 11.8. The van der Waals surface area contributed by atoms with Crippen molar-refractivity contribution in [3.63, 3.8) is 0 Å². The highest BCUT2D eigenvalue weighted by atomic mass is 32.2. The Morgan fingerprint density at radius 3 is 2.39 bits per heavy atom. The van der Waals surface area contributed by atoms with Gasteiger partial charge in [-0.15, -0.1) is 0 Å². The molecular formula is C21H27NO5S. The van der Waals surface area contributed by atoms with Crippen molar-refractivity contribution in [3.05, 3.63) is 48.0 Å². The minimum Gasteiger partial charge on any atom is -0.493 e. The van der Waals surface area contributed by atoms with E-state index in [-0.39, 0.29) is 16.5 Å². The van der Waals surface area contributed by atoms with E-state index in [0.717, 1.165) is 24.2 Å². The molecule has 2 aromatic rings. The number of benzene rings is 2. The summed E-state index contributed by atoms with van der Waals surface area (Å²) < 4.78 is 45.8. The molecule has 1 atom stereocenters. The van der Waals surface area contributed by atoms with Crippen molar-refractivity contribution in [1.82, 2.24) is 4.72 Å². The van der Waals surface area contributed by atoms with E-state index >= 15 is 0 Å². The lowest BCUT2D eigenvalue weighted by atomic mass is 9.84. The Labute approximate surface area is 166 Å². The van der Waals surface area contributed by atoms with Crippen LogP contribution in [-0.4, -0.2) is 28.2 Å². The molecule has 1 aliphatic rings. The Bertz CT molecular complexity index is 938. The van der Waals surface area contributed by atoms with Gasteiger partial charge in [0.1, 0.15) is 11.4 Å². The summed E-state index contributed by atoms with van der Waals surface area (Å²) >= 11 is 0. The van der Waals surface area contributed by atoms with E-state index in [1.165, 1.54) is 26.4 Å². The first-order valence-electron chi connectivity index (χ1n) is 9.40. The van der Waals surface area contributed by atoms with E-state index in [4.69, 9.17) is 14.2 Å². The first kappa shape index (κ1) is 20.5. The number of sulfonamides is 1. The molecule has 0 amide bonds. The zero-order chi connectivity index (χ0) is 20.4. The van der Waals surface area contributed by atoms with Gasteiger partial charge in [-0.25, -0.2) is 13.1 Å². The topological polar surface area (TPSA) is 73.9 Å². The summed E-state index contributed by atoms with van der Waals surface area (Å²) in [5, 5.41) is 0. The summed E-state index contributed by atoms with van der Waals surface area (Å²) in [5.41, 5.74) is 0.461. The van der Waals surface area contributed by atoms with Gasteiger partial charge in [0.15, 0.2) is 11.5 Å². The number of methoxy groups -OCH3 is 2. The first-order valence-corrected chi connectivity index (χ1v) is 10.9. The predicted octanol–water partition coefficient (Wildman–Crippen LogP) is 4.06. The second-order valence-corrected chi connectivity index (χ2v) is 8.64. The number of ether oxygens (including phenoxy) is 3. The SMILES string of the molecule is CCC1(CC)CC(NS(=O)(=O)c2ccc(OC)c(OC)c2)c2ccccc2O1. The molecule has 1 heterocycles. The van der Waals surface area contributed by atoms with Crippen LogP contribution in [0.1, 0.15) is 44.7 Å². The van der Waals surface area contributed by atoms with Crippen molar-refractivity contribution in [1.29, 1.82) is 0 Å². The summed E-state index contributed by atoms with van der Waals surface area (Å²) in [6.45, 7) is 4.13. The van der Waals surface area contributed by atoms with E-state index in [9.17, 15) is 8.42 Å². The van der Waals surface area contributed by atoms with Crippen molar-refractivity contribution in [2.45, 2.75) is 49.6 Å². The first-order chi connectivity index (χ1) is 13.4. The third-order valence-corrected chi connectivity index (χ3v) is 6.92. The average Bonchev–Trinajstić information content (AvgIpc) is 2.72. The Morgan fingerprint density at radius 2 is 1.75 bits per heavy atom. The standard InChI is InChI=1S/C21H27NO5S/c1-5-21(6-2)14-17(16-9-7-8-10-18(16)27-21)22-28(23,24)15-11-12-19(25-3)20(13-15)26-4/h7-13,17,22H,5-6,14H2,1-4H3. The Hall–Kier alpha value is -2.25. The zero-order valence-corrected chi connectivity index (χ0v) is 17.5. The van der Waals surface area contributed by atoms with Gasteiger partial charge in [-0.2, -0.15) is 0 Å². The summed E-state index contributed by atoms with van der Waals surface area (Å²) in [6.07, 6.45) is 2.17. The molecule has 0 radical (unpaired) electrons. The second kappa shape index (κ2) is 8.01. The Kier molecular flexibility index (Phi) is 5.86. The minimum absolute atomic E-state index is 0.132. The van der Waals surface area contributed by atoms with Gasteiger partial charge in [-0.3, -0.25) is 0 Å². The number of hydrogen-bond donors (Lipinski definition) is 1. The van der Waals surface area contributed by atoms with E-state index < -0.39 is 10.0 Å². The van der Waals surface area contributed by atoms with Crippen molar-refractivity contribution in [2.24, 2.45) is 0 Å². The molecule has 0 bridgehead atoms. The molecule has 0 fully saturated rings. The lowest BCUT2D eigenvalue weighted by Crippen LogP contribution is -2.44. The Morgan fingerprint density at radius 1 is 1.07 bits per heavy atom. The molecule has 0 aromatic heterocycles. The molecule has 6 nitrogen and oxygen atoms in total. The minimum atomic E-state index is -3.77. The summed E-state index contributed by atoms with van der Waals surface area (Å²) in [7, 11) is -0.776. The average molecular weight is 406 g/mol. The fraction of sp³-hybridized carbons (Fsp3) is 0.429. The number of rotatable bonds is 7. The Balaban J connectivity index is 1.97. The lowest BCUT2D eigenvalue weighted by Gasteiger charge is -2.41. The van der Waals surface area contributed by atoms with Gasteiger partial charge in [0.05, 0.1) is 25.2 Å². The fourth-order valence-corrected chi connectivity index (χ4v) is 4.88. The van der Waals surface area contributed by atoms with Crippen LogP contribution in [0.3, 0.4) is 0 Å². The maximum absolute atomic E-state index is 13.1. The maximum Gasteiger partial charge on any atom is 0.241 e. The van der Waals surface area contributed by atoms with Crippen LogP contribution in [0.15, 0.2) is 47.4 Å². The van der Waals surface area contributed by atoms with Crippen molar-refractivity contribution in [3.8, 4) is 17.2 Å². The number of para-hydroxylation sites is 1. The predicted molar refractivity (Wildman–Crippen MR) is 108 cm³/mol. The van der Waals surface area contributed by atoms with Gasteiger partial charge in [-0.05, 0) is 31.0 Å². The van der Waals surface area contributed by atoms with Crippen LogP contribution in [0.5, 0.6) is 17.2 Å². The van der Waals surface area contributed by atoms with E-state index in [2.05, 4.69) is 18.6 Å². The van der Waals surface area contributed by atoms with E-state index in [1.54, 1.807) is 6.07 Å². The number of nitrogens with one attached hydrogen (secondary N) is 1. The van der Waals surface area contributed by atoms with Crippen molar-refractivity contribution in [2.75, 3.05) is 14.2 Å². The lowest BCUT2D eigenvalue weighted by molar-refractivity contribution is 0.0260. The maximum atomic E-state index is 13.1. The highest BCUT2D eigenvalue weighted by Crippen LogP contribution is 2.43. The van der Waals surface area contributed by atoms with Crippen LogP contribution >= 0.6 is 0 Å². The molecule has 1 unspecified atom stereocenters. The normalized spacial score (nSPS) is 18.1. The third-order valence-electron chi connectivity index (χ3n) is 5.45. The number of fused-ring (bicyclic) bond motifs is 1. The van der Waals surface area contributed by atoms with E-state index in [1.807, 2.05) is 24.3 Å². The van der Waals surface area contributed by atoms with Gasteiger partial charge in [-0.1, -0.05) is 32.0 Å². The van der Waals surface area contributed by atoms with Crippen LogP contribution in [0.25, 0.3) is 0 Å². The van der Waals surface area contributed by atoms with Crippen LogP contribution in [0.2, 0.25) is 0 Å². The number of hydrogen-bond acceptors (Lipinski definition) is 5. The summed E-state index contributed by atoms with van der Waals surface area (Å²) in [5.74, 6) is 1.58. The molecule has 0 aliphatic carbocycles. The quantitative estimate of drug-likeness (QED) is 0.752. The van der Waals surface area contributed by atoms with Crippen LogP contribution in [-0.2, 0) is 10.0 Å². The molecule has 7 heteroatoms. The fourth-order valence-electron chi connectivity index (χ4n) is 3.65. The molecular weight excluding hydrogens is 378 g/mol. The van der Waals surface area contributed by atoms with Crippen LogP contribution in [0.4, 0.5) is 0 Å². The molecule has 0 saturated heterocycles. The highest BCUT2D eigenvalue weighted by Gasteiger charge is 2.40. The molecule has 1 aliphatic heterocycles. The van der Waals surface area contributed by atoms with Crippen molar-refractivity contribution < 1.29 is 22.6 Å². The van der Waals surface area contributed by atoms with Gasteiger partial charge in [0.2, 0.25) is 10.0 Å². The van der Waals surface area contributed by atoms with Crippen LogP contribution in [0, 0.1) is 0 Å². The van der Waals surface area contributed by atoms with Crippen molar-refractivity contribution >= 4 is 10.0 Å². The smallest absolute Gasteiger partial charge is 0.241 e. The third kappa shape index (κ3) is 3.82. The highest BCUT2D eigenvalue weighted by molar-refractivity contribution is 7.89. The molecule has 3 rings (SSSR count). The molecule has 2 aromatic carbocycles. The molecule has 28 heavy (non-hydrogen) atoms. The van der Waals surface area contributed by atoms with Gasteiger partial charge in [0, 0.05) is 18.1 Å². The monoisotopic (exact) mass is 405 g/mol. The van der Waals surface area contributed by atoms with E-state index in [0.29, 0.717) is 17.9 Å². The summed E-state index contributed by atoms with van der Waals surface area (Å²) in [4.78, 5) is 0.132. The second-order valence-electron chi connectivity index (χ2n) is 6.92. The van der Waals surface area contributed by atoms with Gasteiger partial charge >= 0.3 is 0 Å². The molecule has 0 spiro atoms. The largest absolute Gasteiger partial charge is 0.493 e. The molecule has 1 N–H and O–H groups in total. The molecule has 152 valence electrons. The van der Waals surface area contributed by atoms with Crippen LogP contribution < -0.4 is 18.9 Å². The van der Waals surface area contributed by atoms with Gasteiger partial charge in [0.25, 0.3) is 0 Å². The van der Waals surface area contributed by atoms with Gasteiger partial charge < -0.3 is 14.2 Å².